The molecule has 1 N–H and O–H groups in total. The Morgan fingerprint density at radius 3 is 2.74 bits per heavy atom. The number of hydrogen-bond donors (Lipinski definition) is 1. The van der Waals surface area contributed by atoms with Gasteiger partial charge in [0.2, 0.25) is 5.91 Å². The quantitative estimate of drug-likeness (QED) is 0.820. The fraction of sp³-hybridized carbons (Fsp3) is 0.583. The van der Waals surface area contributed by atoms with Crippen molar-refractivity contribution in [2.75, 3.05) is 19.7 Å². The Balaban J connectivity index is 1.86. The van der Waals surface area contributed by atoms with Gasteiger partial charge in [0.1, 0.15) is 18.2 Å². The minimum absolute atomic E-state index is 0.0416. The summed E-state index contributed by atoms with van der Waals surface area (Å²) >= 11 is 0. The first-order valence-corrected chi connectivity index (χ1v) is 6.05. The zero-order valence-corrected chi connectivity index (χ0v) is 10.9. The molecule has 1 amide bonds. The van der Waals surface area contributed by atoms with Crippen molar-refractivity contribution < 1.29 is 19.4 Å². The zero-order chi connectivity index (χ0) is 14.0. The molecule has 0 aliphatic carbocycles. The van der Waals surface area contributed by atoms with Crippen LogP contribution in [0.1, 0.15) is 19.9 Å². The lowest BCUT2D eigenvalue weighted by atomic mass is 9.95. The number of ether oxygens (including phenoxy) is 1. The molecule has 7 nitrogen and oxygen atoms in total. The van der Waals surface area contributed by atoms with Crippen LogP contribution in [0, 0.1) is 0 Å². The third-order valence-corrected chi connectivity index (χ3v) is 3.19. The molecule has 0 saturated carbocycles. The molecule has 104 valence electrons. The third kappa shape index (κ3) is 2.93. The summed E-state index contributed by atoms with van der Waals surface area (Å²) in [6.45, 7) is 4.06. The molecule has 19 heavy (non-hydrogen) atoms. The molecular weight excluding hydrogens is 250 g/mol. The Bertz CT molecular complexity index is 465. The van der Waals surface area contributed by atoms with Crippen LogP contribution in [0.25, 0.3) is 0 Å². The van der Waals surface area contributed by atoms with Crippen LogP contribution in [-0.4, -0.2) is 57.0 Å². The summed E-state index contributed by atoms with van der Waals surface area (Å²) < 4.78 is 6.86. The Labute approximate surface area is 110 Å². The van der Waals surface area contributed by atoms with E-state index in [1.54, 1.807) is 41.9 Å². The van der Waals surface area contributed by atoms with Gasteiger partial charge in [0, 0.05) is 12.4 Å². The fourth-order valence-electron chi connectivity index (χ4n) is 2.13. The molecule has 1 saturated heterocycles. The number of hydrogen-bond acceptors (Lipinski definition) is 4. The van der Waals surface area contributed by atoms with Crippen LogP contribution in [0.15, 0.2) is 18.5 Å². The first-order valence-electron chi connectivity index (χ1n) is 6.05. The van der Waals surface area contributed by atoms with E-state index >= 15 is 0 Å². The molecule has 1 aliphatic heterocycles. The van der Waals surface area contributed by atoms with Gasteiger partial charge >= 0.3 is 5.97 Å². The lowest BCUT2D eigenvalue weighted by Gasteiger charge is -2.47. The summed E-state index contributed by atoms with van der Waals surface area (Å²) in [7, 11) is 0. The normalized spacial score (nSPS) is 18.7. The summed E-state index contributed by atoms with van der Waals surface area (Å²) in [6.07, 6.45) is 3.36. The van der Waals surface area contributed by atoms with E-state index in [4.69, 9.17) is 9.84 Å². The molecule has 0 aromatic carbocycles. The van der Waals surface area contributed by atoms with Crippen molar-refractivity contribution in [3.8, 4) is 0 Å². The lowest BCUT2D eigenvalue weighted by Crippen LogP contribution is -2.64. The topological polar surface area (TPSA) is 84.7 Å². The van der Waals surface area contributed by atoms with Crippen LogP contribution in [0.5, 0.6) is 0 Å². The standard InChI is InChI=1S/C12H17N3O4/c1-9(15-5-3-4-13-15)11(18)14-7-12(2,8-14)19-6-10(16)17/h3-5,9H,6-8H2,1-2H3,(H,16,17). The van der Waals surface area contributed by atoms with Crippen LogP contribution in [0.4, 0.5) is 0 Å². The number of amides is 1. The number of likely N-dealkylation sites (tertiary alicyclic amines) is 1. The summed E-state index contributed by atoms with van der Waals surface area (Å²) in [6, 6.07) is 1.40. The molecule has 1 atom stereocenters. The molecule has 2 rings (SSSR count). The van der Waals surface area contributed by atoms with Gasteiger partial charge in [-0.25, -0.2) is 4.79 Å². The van der Waals surface area contributed by atoms with Gasteiger partial charge in [-0.2, -0.15) is 5.10 Å². The molecule has 0 bridgehead atoms. The second-order valence-corrected chi connectivity index (χ2v) is 4.99. The zero-order valence-electron chi connectivity index (χ0n) is 10.9. The Hall–Kier alpha value is -1.89. The number of aromatic nitrogens is 2. The maximum Gasteiger partial charge on any atom is 0.329 e. The van der Waals surface area contributed by atoms with Crippen LogP contribution in [-0.2, 0) is 14.3 Å². The maximum atomic E-state index is 12.1. The number of carboxylic acid groups (broad SMARTS) is 1. The van der Waals surface area contributed by atoms with E-state index in [2.05, 4.69) is 5.10 Å². The van der Waals surface area contributed by atoms with E-state index < -0.39 is 11.6 Å². The van der Waals surface area contributed by atoms with Gasteiger partial charge in [-0.15, -0.1) is 0 Å². The van der Waals surface area contributed by atoms with Gasteiger partial charge in [0.25, 0.3) is 0 Å². The van der Waals surface area contributed by atoms with Gasteiger partial charge in [-0.1, -0.05) is 0 Å². The van der Waals surface area contributed by atoms with Gasteiger partial charge < -0.3 is 14.7 Å². The molecule has 1 fully saturated rings. The minimum Gasteiger partial charge on any atom is -0.480 e. The van der Waals surface area contributed by atoms with Crippen LogP contribution < -0.4 is 0 Å². The van der Waals surface area contributed by atoms with Crippen molar-refractivity contribution in [3.63, 3.8) is 0 Å². The van der Waals surface area contributed by atoms with Crippen molar-refractivity contribution in [1.82, 2.24) is 14.7 Å². The summed E-state index contributed by atoms with van der Waals surface area (Å²) in [5.74, 6) is -1.05. The third-order valence-electron chi connectivity index (χ3n) is 3.19. The van der Waals surface area contributed by atoms with Crippen molar-refractivity contribution in [2.45, 2.75) is 25.5 Å². The number of nitrogens with zero attached hydrogens (tertiary/aromatic N) is 3. The predicted molar refractivity (Wildman–Crippen MR) is 65.5 cm³/mol. The second kappa shape index (κ2) is 5.00. The highest BCUT2D eigenvalue weighted by atomic mass is 16.5. The molecule has 7 heteroatoms. The van der Waals surface area contributed by atoms with Crippen LogP contribution in [0.2, 0.25) is 0 Å². The van der Waals surface area contributed by atoms with Crippen molar-refractivity contribution in [1.29, 1.82) is 0 Å². The van der Waals surface area contributed by atoms with Crippen LogP contribution >= 0.6 is 0 Å². The summed E-state index contributed by atoms with van der Waals surface area (Å²) in [5.41, 5.74) is -0.558. The summed E-state index contributed by atoms with van der Waals surface area (Å²) in [5, 5.41) is 12.6. The molecule has 1 aromatic heterocycles. The Morgan fingerprint density at radius 1 is 1.53 bits per heavy atom. The molecule has 1 unspecified atom stereocenters. The number of aliphatic carboxylic acids is 1. The molecule has 1 aliphatic rings. The average molecular weight is 267 g/mol. The number of rotatable bonds is 5. The van der Waals surface area contributed by atoms with Crippen molar-refractivity contribution in [3.05, 3.63) is 18.5 Å². The predicted octanol–water partition coefficient (Wildman–Crippen LogP) is 0.146. The molecule has 0 spiro atoms. The second-order valence-electron chi connectivity index (χ2n) is 4.99. The first-order chi connectivity index (χ1) is 8.91. The highest BCUT2D eigenvalue weighted by Crippen LogP contribution is 2.26. The van der Waals surface area contributed by atoms with Crippen LogP contribution in [0.3, 0.4) is 0 Å². The highest BCUT2D eigenvalue weighted by Gasteiger charge is 2.44. The largest absolute Gasteiger partial charge is 0.480 e. The lowest BCUT2D eigenvalue weighted by molar-refractivity contribution is -0.175. The molecule has 2 heterocycles. The number of carbonyl (C=O) groups is 2. The Morgan fingerprint density at radius 2 is 2.21 bits per heavy atom. The van der Waals surface area contributed by atoms with E-state index in [-0.39, 0.29) is 18.6 Å². The highest BCUT2D eigenvalue weighted by molar-refractivity contribution is 5.81. The van der Waals surface area contributed by atoms with E-state index in [1.807, 2.05) is 0 Å². The maximum absolute atomic E-state index is 12.1. The Kier molecular flexibility index (Phi) is 3.57. The smallest absolute Gasteiger partial charge is 0.329 e. The van der Waals surface area contributed by atoms with Gasteiger partial charge in [0.15, 0.2) is 0 Å². The van der Waals surface area contributed by atoms with Gasteiger partial charge in [-0.05, 0) is 19.9 Å². The van der Waals surface area contributed by atoms with E-state index in [0.717, 1.165) is 0 Å². The van der Waals surface area contributed by atoms with Crippen molar-refractivity contribution >= 4 is 11.9 Å². The molecule has 1 aromatic rings. The fourth-order valence-corrected chi connectivity index (χ4v) is 2.13. The summed E-state index contributed by atoms with van der Waals surface area (Å²) in [4.78, 5) is 24.2. The van der Waals surface area contributed by atoms with Gasteiger partial charge in [0.05, 0.1) is 13.1 Å². The SMILES string of the molecule is CC(C(=O)N1CC(C)(OCC(=O)O)C1)n1cccn1. The van der Waals surface area contributed by atoms with Gasteiger partial charge in [-0.3, -0.25) is 9.48 Å². The molecular formula is C12H17N3O4. The average Bonchev–Trinajstić information content (AvgIpc) is 2.84. The van der Waals surface area contributed by atoms with E-state index in [0.29, 0.717) is 13.1 Å². The first kappa shape index (κ1) is 13.5. The van der Waals surface area contributed by atoms with E-state index in [1.165, 1.54) is 0 Å². The molecule has 0 radical (unpaired) electrons. The number of carbonyl (C=O) groups excluding carboxylic acids is 1. The van der Waals surface area contributed by atoms with E-state index in [9.17, 15) is 9.59 Å². The van der Waals surface area contributed by atoms with Crippen molar-refractivity contribution in [2.24, 2.45) is 0 Å². The number of carboxylic acids is 1. The minimum atomic E-state index is -1.00. The monoisotopic (exact) mass is 267 g/mol.